The molecule has 0 saturated carbocycles. The lowest BCUT2D eigenvalue weighted by Gasteiger charge is -2.14. The van der Waals surface area contributed by atoms with Gasteiger partial charge in [-0.1, -0.05) is 6.07 Å². The van der Waals surface area contributed by atoms with Crippen LogP contribution in [0.4, 0.5) is 5.82 Å². The number of H-pyrrole nitrogens is 1. The molecule has 0 fully saturated rings. The van der Waals surface area contributed by atoms with Crippen molar-refractivity contribution in [3.8, 4) is 39.9 Å². The molecule has 2 N–H and O–H groups in total. The zero-order valence-corrected chi connectivity index (χ0v) is 20.4. The lowest BCUT2D eigenvalue weighted by molar-refractivity contribution is -0.115. The third-order valence-electron chi connectivity index (χ3n) is 5.13. The van der Waals surface area contributed by atoms with Crippen molar-refractivity contribution in [2.75, 3.05) is 39.9 Å². The van der Waals surface area contributed by atoms with Gasteiger partial charge in [-0.25, -0.2) is 0 Å². The number of benzene rings is 2. The van der Waals surface area contributed by atoms with E-state index >= 15 is 0 Å². The molecule has 9 nitrogen and oxygen atoms in total. The fraction of sp³-hybridized carbons (Fsp3) is 0.360. The van der Waals surface area contributed by atoms with Gasteiger partial charge in [0.15, 0.2) is 28.8 Å². The van der Waals surface area contributed by atoms with E-state index in [2.05, 4.69) is 15.5 Å². The predicted molar refractivity (Wildman–Crippen MR) is 130 cm³/mol. The van der Waals surface area contributed by atoms with Crippen molar-refractivity contribution in [1.82, 2.24) is 10.2 Å². The molecule has 0 aliphatic rings. The van der Waals surface area contributed by atoms with E-state index in [9.17, 15) is 4.79 Å². The molecule has 0 saturated heterocycles. The van der Waals surface area contributed by atoms with Crippen LogP contribution in [0.2, 0.25) is 0 Å². The van der Waals surface area contributed by atoms with Gasteiger partial charge in [0.05, 0.1) is 41.0 Å². The van der Waals surface area contributed by atoms with Crippen LogP contribution in [-0.2, 0) is 11.2 Å². The average Bonchev–Trinajstić information content (AvgIpc) is 3.19. The van der Waals surface area contributed by atoms with Gasteiger partial charge in [-0.15, -0.1) is 0 Å². The van der Waals surface area contributed by atoms with Crippen molar-refractivity contribution in [3.05, 3.63) is 41.6 Å². The number of methoxy groups -OCH3 is 3. The summed E-state index contributed by atoms with van der Waals surface area (Å²) in [6.07, 6.45) is 0.0928. The van der Waals surface area contributed by atoms with Crippen molar-refractivity contribution >= 4 is 11.7 Å². The molecule has 0 atom stereocenters. The van der Waals surface area contributed by atoms with Crippen LogP contribution in [0.5, 0.6) is 28.7 Å². The molecule has 182 valence electrons. The second kappa shape index (κ2) is 11.3. The Kier molecular flexibility index (Phi) is 8.24. The molecule has 34 heavy (non-hydrogen) atoms. The van der Waals surface area contributed by atoms with Crippen LogP contribution >= 0.6 is 0 Å². The molecular weight excluding hydrogens is 438 g/mol. The number of hydrogen-bond donors (Lipinski definition) is 2. The van der Waals surface area contributed by atoms with Gasteiger partial charge < -0.3 is 29.0 Å². The van der Waals surface area contributed by atoms with Crippen molar-refractivity contribution in [2.45, 2.75) is 27.2 Å². The molecule has 3 aromatic rings. The molecule has 3 rings (SSSR count). The van der Waals surface area contributed by atoms with E-state index in [1.165, 1.54) is 21.3 Å². The highest BCUT2D eigenvalue weighted by molar-refractivity contribution is 5.96. The lowest BCUT2D eigenvalue weighted by atomic mass is 10.0. The summed E-state index contributed by atoms with van der Waals surface area (Å²) in [5, 5.41) is 10.2. The van der Waals surface area contributed by atoms with Crippen molar-refractivity contribution in [3.63, 3.8) is 0 Å². The number of aryl methyl sites for hydroxylation is 1. The van der Waals surface area contributed by atoms with E-state index in [0.717, 1.165) is 16.8 Å². The van der Waals surface area contributed by atoms with Crippen LogP contribution in [0.15, 0.2) is 30.3 Å². The number of amides is 1. The number of aromatic nitrogens is 2. The number of ether oxygens (including phenoxy) is 5. The molecule has 1 amide bonds. The highest BCUT2D eigenvalue weighted by Gasteiger charge is 2.19. The number of carbonyl (C=O) groups excluding carboxylic acids is 1. The summed E-state index contributed by atoms with van der Waals surface area (Å²) < 4.78 is 27.5. The van der Waals surface area contributed by atoms with E-state index in [4.69, 9.17) is 23.7 Å². The quantitative estimate of drug-likeness (QED) is 0.429. The molecule has 0 aliphatic heterocycles. The summed E-state index contributed by atoms with van der Waals surface area (Å²) in [5.74, 6) is 2.94. The Labute approximate surface area is 199 Å². The molecule has 0 radical (unpaired) electrons. The molecule has 0 aliphatic carbocycles. The van der Waals surface area contributed by atoms with Crippen LogP contribution in [0.3, 0.4) is 0 Å². The van der Waals surface area contributed by atoms with Crippen LogP contribution in [0, 0.1) is 6.92 Å². The minimum absolute atomic E-state index is 0.0928. The topological polar surface area (TPSA) is 104 Å². The van der Waals surface area contributed by atoms with Gasteiger partial charge in [0, 0.05) is 11.3 Å². The summed E-state index contributed by atoms with van der Waals surface area (Å²) in [6, 6.07) is 9.16. The summed E-state index contributed by atoms with van der Waals surface area (Å²) in [6.45, 7) is 6.78. The number of anilines is 1. The van der Waals surface area contributed by atoms with Gasteiger partial charge in [0.1, 0.15) is 0 Å². The highest BCUT2D eigenvalue weighted by atomic mass is 16.5. The van der Waals surface area contributed by atoms with E-state index in [1.54, 1.807) is 12.1 Å². The monoisotopic (exact) mass is 469 g/mol. The number of nitrogens with zero attached hydrogens (tertiary/aromatic N) is 1. The third kappa shape index (κ3) is 5.36. The van der Waals surface area contributed by atoms with Gasteiger partial charge in [-0.3, -0.25) is 9.89 Å². The first-order valence-electron chi connectivity index (χ1n) is 11.0. The Morgan fingerprint density at radius 2 is 1.56 bits per heavy atom. The summed E-state index contributed by atoms with van der Waals surface area (Å²) >= 11 is 0. The molecule has 0 bridgehead atoms. The smallest absolute Gasteiger partial charge is 0.230 e. The lowest BCUT2D eigenvalue weighted by Crippen LogP contribution is -2.15. The summed E-state index contributed by atoms with van der Waals surface area (Å²) in [7, 11) is 4.60. The van der Waals surface area contributed by atoms with Gasteiger partial charge in [-0.05, 0) is 56.2 Å². The Morgan fingerprint density at radius 3 is 2.15 bits per heavy atom. The van der Waals surface area contributed by atoms with Crippen molar-refractivity contribution < 1.29 is 28.5 Å². The van der Waals surface area contributed by atoms with E-state index in [1.807, 2.05) is 39.0 Å². The molecule has 0 spiro atoms. The molecule has 2 aromatic carbocycles. The highest BCUT2D eigenvalue weighted by Crippen LogP contribution is 2.39. The Hall–Kier alpha value is -3.88. The van der Waals surface area contributed by atoms with Crippen LogP contribution in [0.1, 0.15) is 25.1 Å². The number of carbonyl (C=O) groups is 1. The fourth-order valence-electron chi connectivity index (χ4n) is 3.68. The Balaban J connectivity index is 1.86. The first kappa shape index (κ1) is 24.8. The Morgan fingerprint density at radius 1 is 0.912 bits per heavy atom. The average molecular weight is 470 g/mol. The standard InChI is InChI=1S/C25H31N3O6/c1-7-33-18-10-9-17(14-19(18)34-8-2)23-15(3)27-28-25(23)26-22(29)13-16-11-20(30-4)24(32-6)21(12-16)31-5/h9-12,14H,7-8,13H2,1-6H3,(H2,26,27,28,29). The first-order valence-corrected chi connectivity index (χ1v) is 11.0. The van der Waals surface area contributed by atoms with E-state index in [0.29, 0.717) is 53.3 Å². The minimum atomic E-state index is -0.238. The second-order valence-corrected chi connectivity index (χ2v) is 7.36. The maximum absolute atomic E-state index is 12.9. The first-order chi connectivity index (χ1) is 16.4. The van der Waals surface area contributed by atoms with Gasteiger partial charge in [0.25, 0.3) is 0 Å². The van der Waals surface area contributed by atoms with Crippen LogP contribution in [0.25, 0.3) is 11.1 Å². The predicted octanol–water partition coefficient (Wildman–Crippen LogP) is 4.39. The van der Waals surface area contributed by atoms with Gasteiger partial charge in [0.2, 0.25) is 11.7 Å². The maximum atomic E-state index is 12.9. The number of hydrogen-bond acceptors (Lipinski definition) is 7. The fourth-order valence-corrected chi connectivity index (χ4v) is 3.68. The number of aromatic amines is 1. The molecule has 1 heterocycles. The van der Waals surface area contributed by atoms with Crippen molar-refractivity contribution in [2.24, 2.45) is 0 Å². The van der Waals surface area contributed by atoms with Crippen molar-refractivity contribution in [1.29, 1.82) is 0 Å². The zero-order valence-electron chi connectivity index (χ0n) is 20.4. The zero-order chi connectivity index (χ0) is 24.7. The molecule has 1 aromatic heterocycles. The molecule has 9 heteroatoms. The SMILES string of the molecule is CCOc1ccc(-c2c(NC(=O)Cc3cc(OC)c(OC)c(OC)c3)n[nH]c2C)cc1OCC. The third-order valence-corrected chi connectivity index (χ3v) is 5.13. The molecular formula is C25H31N3O6. The largest absolute Gasteiger partial charge is 0.493 e. The van der Waals surface area contributed by atoms with E-state index in [-0.39, 0.29) is 12.3 Å². The maximum Gasteiger partial charge on any atom is 0.230 e. The minimum Gasteiger partial charge on any atom is -0.493 e. The molecule has 0 unspecified atom stereocenters. The van der Waals surface area contributed by atoms with E-state index < -0.39 is 0 Å². The van der Waals surface area contributed by atoms with Crippen LogP contribution in [-0.4, -0.2) is 50.6 Å². The number of rotatable bonds is 11. The summed E-state index contributed by atoms with van der Waals surface area (Å²) in [4.78, 5) is 12.9. The summed E-state index contributed by atoms with van der Waals surface area (Å²) in [5.41, 5.74) is 3.15. The Bertz CT molecular complexity index is 1120. The normalized spacial score (nSPS) is 10.5. The van der Waals surface area contributed by atoms with Gasteiger partial charge >= 0.3 is 0 Å². The number of nitrogens with one attached hydrogen (secondary N) is 2. The second-order valence-electron chi connectivity index (χ2n) is 7.36. The van der Waals surface area contributed by atoms with Gasteiger partial charge in [-0.2, -0.15) is 5.10 Å². The van der Waals surface area contributed by atoms with Crippen LogP contribution < -0.4 is 29.0 Å².